The van der Waals surface area contributed by atoms with Crippen LogP contribution in [0.25, 0.3) is 10.8 Å². The van der Waals surface area contributed by atoms with Gasteiger partial charge in [0.2, 0.25) is 13.6 Å². The number of fused-ring (bicyclic) bond motifs is 1. The molecule has 3 rings (SSSR count). The van der Waals surface area contributed by atoms with E-state index in [0.717, 1.165) is 22.9 Å². The van der Waals surface area contributed by atoms with Gasteiger partial charge < -0.3 is 23.7 Å². The lowest BCUT2D eigenvalue weighted by atomic mass is 10.1. The van der Waals surface area contributed by atoms with Crippen LogP contribution in [0.2, 0.25) is 0 Å². The highest BCUT2D eigenvalue weighted by Crippen LogP contribution is 2.24. The molecule has 0 fully saturated rings. The number of hydrogen-bond donors (Lipinski definition) is 0. The Hall–Kier alpha value is -4.59. The van der Waals surface area contributed by atoms with E-state index < -0.39 is 17.9 Å². The van der Waals surface area contributed by atoms with Gasteiger partial charge in [0.25, 0.3) is 0 Å². The smallest absolute Gasteiger partial charge is 0.343 e. The molecule has 0 unspecified atom stereocenters. The molecule has 168 valence electrons. The highest BCUT2D eigenvalue weighted by molar-refractivity contribution is 5.96. The van der Waals surface area contributed by atoms with E-state index >= 15 is 0 Å². The second kappa shape index (κ2) is 11.1. The Kier molecular flexibility index (Phi) is 7.80. The van der Waals surface area contributed by atoms with Crippen molar-refractivity contribution >= 4 is 28.7 Å². The highest BCUT2D eigenvalue weighted by Gasteiger charge is 2.10. The Morgan fingerprint density at radius 2 is 1.18 bits per heavy atom. The van der Waals surface area contributed by atoms with Crippen LogP contribution in [0, 0.1) is 0 Å². The number of hydrogen-bond acceptors (Lipinski definition) is 8. The van der Waals surface area contributed by atoms with Crippen LogP contribution in [-0.4, -0.2) is 31.5 Å². The second-order valence-corrected chi connectivity index (χ2v) is 6.44. The molecule has 0 bridgehead atoms. The van der Waals surface area contributed by atoms with Crippen molar-refractivity contribution in [3.8, 4) is 17.2 Å². The first-order valence-corrected chi connectivity index (χ1v) is 9.68. The predicted molar refractivity (Wildman–Crippen MR) is 119 cm³/mol. The molecule has 3 aromatic rings. The van der Waals surface area contributed by atoms with E-state index in [-0.39, 0.29) is 13.6 Å². The summed E-state index contributed by atoms with van der Waals surface area (Å²) in [6, 6.07) is 16.6. The SMILES string of the molecule is C=CC(=O)OCOc1ccc(OC(=O)c2ccc3cc(OCOC(=O)C=C)ccc3c2)cc1. The summed E-state index contributed by atoms with van der Waals surface area (Å²) in [6.07, 6.45) is 2.09. The second-order valence-electron chi connectivity index (χ2n) is 6.44. The quantitative estimate of drug-likeness (QED) is 0.197. The van der Waals surface area contributed by atoms with Gasteiger partial charge in [-0.1, -0.05) is 25.3 Å². The van der Waals surface area contributed by atoms with Crippen LogP contribution >= 0.6 is 0 Å². The minimum Gasteiger partial charge on any atom is -0.457 e. The molecule has 0 aliphatic carbocycles. The number of carbonyl (C=O) groups is 3. The van der Waals surface area contributed by atoms with Crippen molar-refractivity contribution in [2.45, 2.75) is 0 Å². The first-order valence-electron chi connectivity index (χ1n) is 9.68. The molecule has 0 aliphatic heterocycles. The molecular weight excluding hydrogens is 428 g/mol. The molecule has 8 nitrogen and oxygen atoms in total. The first-order chi connectivity index (χ1) is 16.0. The molecule has 0 aliphatic rings. The highest BCUT2D eigenvalue weighted by atomic mass is 16.7. The Morgan fingerprint density at radius 1 is 0.667 bits per heavy atom. The summed E-state index contributed by atoms with van der Waals surface area (Å²) in [4.78, 5) is 34.6. The summed E-state index contributed by atoms with van der Waals surface area (Å²) in [5, 5.41) is 1.63. The fourth-order valence-electron chi connectivity index (χ4n) is 2.64. The van der Waals surface area contributed by atoms with Crippen molar-refractivity contribution in [2.75, 3.05) is 13.6 Å². The first kappa shape index (κ1) is 23.1. The monoisotopic (exact) mass is 448 g/mol. The van der Waals surface area contributed by atoms with Crippen LogP contribution in [0.1, 0.15) is 10.4 Å². The van der Waals surface area contributed by atoms with Crippen LogP contribution < -0.4 is 14.2 Å². The van der Waals surface area contributed by atoms with Crippen LogP contribution in [0.4, 0.5) is 0 Å². The van der Waals surface area contributed by atoms with Gasteiger partial charge in [0.15, 0.2) is 0 Å². The van der Waals surface area contributed by atoms with Crippen LogP contribution in [0.5, 0.6) is 17.2 Å². The lowest BCUT2D eigenvalue weighted by molar-refractivity contribution is -0.145. The van der Waals surface area contributed by atoms with E-state index in [4.69, 9.17) is 23.7 Å². The van der Waals surface area contributed by atoms with Crippen molar-refractivity contribution in [2.24, 2.45) is 0 Å². The topological polar surface area (TPSA) is 97.4 Å². The normalized spacial score (nSPS) is 10.1. The molecule has 0 aromatic heterocycles. The van der Waals surface area contributed by atoms with E-state index in [1.54, 1.807) is 60.7 Å². The third kappa shape index (κ3) is 6.70. The molecular formula is C25H20O8. The molecule has 8 heteroatoms. The molecule has 0 saturated heterocycles. The zero-order chi connectivity index (χ0) is 23.6. The van der Waals surface area contributed by atoms with Gasteiger partial charge >= 0.3 is 17.9 Å². The summed E-state index contributed by atoms with van der Waals surface area (Å²) < 4.78 is 25.5. The van der Waals surface area contributed by atoms with E-state index in [1.807, 2.05) is 0 Å². The fraction of sp³-hybridized carbons (Fsp3) is 0.0800. The van der Waals surface area contributed by atoms with Crippen molar-refractivity contribution in [1.82, 2.24) is 0 Å². The summed E-state index contributed by atoms with van der Waals surface area (Å²) >= 11 is 0. The number of rotatable bonds is 10. The third-order valence-electron chi connectivity index (χ3n) is 4.27. The van der Waals surface area contributed by atoms with E-state index in [0.29, 0.717) is 22.8 Å². The molecule has 0 spiro atoms. The van der Waals surface area contributed by atoms with Gasteiger partial charge in [-0.3, -0.25) is 0 Å². The van der Waals surface area contributed by atoms with Gasteiger partial charge in [0.05, 0.1) is 5.56 Å². The molecule has 0 radical (unpaired) electrons. The van der Waals surface area contributed by atoms with E-state index in [1.165, 1.54) is 0 Å². The molecule has 0 heterocycles. The Labute approximate surface area is 189 Å². The zero-order valence-electron chi connectivity index (χ0n) is 17.5. The average molecular weight is 448 g/mol. The van der Waals surface area contributed by atoms with Crippen LogP contribution in [0.15, 0.2) is 86.0 Å². The third-order valence-corrected chi connectivity index (χ3v) is 4.27. The minimum absolute atomic E-state index is 0.232. The molecule has 33 heavy (non-hydrogen) atoms. The van der Waals surface area contributed by atoms with Gasteiger partial charge in [-0.05, 0) is 59.3 Å². The average Bonchev–Trinajstić information content (AvgIpc) is 2.84. The molecule has 0 N–H and O–H groups in total. The van der Waals surface area contributed by atoms with E-state index in [2.05, 4.69) is 13.2 Å². The van der Waals surface area contributed by atoms with Crippen molar-refractivity contribution in [1.29, 1.82) is 0 Å². The summed E-state index contributed by atoms with van der Waals surface area (Å²) in [7, 11) is 0. The molecule has 0 saturated carbocycles. The fourth-order valence-corrected chi connectivity index (χ4v) is 2.64. The summed E-state index contributed by atoms with van der Waals surface area (Å²) in [6.45, 7) is 6.11. The van der Waals surface area contributed by atoms with Gasteiger partial charge in [-0.25, -0.2) is 14.4 Å². The van der Waals surface area contributed by atoms with E-state index in [9.17, 15) is 14.4 Å². The number of benzene rings is 3. The maximum atomic E-state index is 12.5. The lowest BCUT2D eigenvalue weighted by Crippen LogP contribution is -2.09. The largest absolute Gasteiger partial charge is 0.457 e. The van der Waals surface area contributed by atoms with Crippen molar-refractivity contribution < 1.29 is 38.1 Å². The van der Waals surface area contributed by atoms with Crippen LogP contribution in [-0.2, 0) is 19.1 Å². The summed E-state index contributed by atoms with van der Waals surface area (Å²) in [5.74, 6) is -0.412. The molecule has 0 amide bonds. The van der Waals surface area contributed by atoms with Crippen molar-refractivity contribution in [3.63, 3.8) is 0 Å². The lowest BCUT2D eigenvalue weighted by Gasteiger charge is -2.09. The maximum Gasteiger partial charge on any atom is 0.343 e. The number of carbonyl (C=O) groups excluding carboxylic acids is 3. The molecule has 0 atom stereocenters. The van der Waals surface area contributed by atoms with Gasteiger partial charge in [-0.2, -0.15) is 0 Å². The minimum atomic E-state index is -0.589. The van der Waals surface area contributed by atoms with Crippen molar-refractivity contribution in [3.05, 3.63) is 91.5 Å². The molecule has 3 aromatic carbocycles. The Balaban J connectivity index is 1.58. The Morgan fingerprint density at radius 3 is 1.82 bits per heavy atom. The van der Waals surface area contributed by atoms with Gasteiger partial charge in [-0.15, -0.1) is 0 Å². The standard InChI is InChI=1S/C25H20O8/c1-3-23(26)31-15-29-20-9-11-21(12-10-20)33-25(28)19-6-5-18-14-22(8-7-17(18)13-19)30-16-32-24(27)4-2/h3-14H,1-2,15-16H2. The zero-order valence-corrected chi connectivity index (χ0v) is 17.5. The predicted octanol–water partition coefficient (Wildman–Crippen LogP) is 4.19. The van der Waals surface area contributed by atoms with Gasteiger partial charge in [0.1, 0.15) is 17.2 Å². The number of ether oxygens (including phenoxy) is 5. The maximum absolute atomic E-state index is 12.5. The summed E-state index contributed by atoms with van der Waals surface area (Å²) in [5.41, 5.74) is 0.368. The van der Waals surface area contributed by atoms with Gasteiger partial charge in [0, 0.05) is 12.2 Å². The Bertz CT molecular complexity index is 1180. The van der Waals surface area contributed by atoms with Crippen LogP contribution in [0.3, 0.4) is 0 Å². The number of esters is 3.